The van der Waals surface area contributed by atoms with E-state index in [9.17, 15) is 18.0 Å². The van der Waals surface area contributed by atoms with Gasteiger partial charge in [0.05, 0.1) is 11.3 Å². The van der Waals surface area contributed by atoms with Crippen molar-refractivity contribution in [1.82, 2.24) is 4.98 Å². The van der Waals surface area contributed by atoms with Crippen molar-refractivity contribution in [3.8, 4) is 0 Å². The standard InChI is InChI=1S/C25H23N3O4S/c1-16-12-19(27-24(29)14-18-15-26-23-9-4-3-8-21(18)23)10-11-22(16)28-25(30)17-6-5-7-20(13-17)33(2,31)32/h3-13,15,26H,14H2,1-2H3,(H,27,29)(H,28,30). The molecule has 7 nitrogen and oxygen atoms in total. The van der Waals surface area contributed by atoms with E-state index in [1.165, 1.54) is 18.2 Å². The monoisotopic (exact) mass is 461 g/mol. The van der Waals surface area contributed by atoms with E-state index in [2.05, 4.69) is 15.6 Å². The van der Waals surface area contributed by atoms with Crippen LogP contribution in [0.1, 0.15) is 21.5 Å². The fraction of sp³-hybridized carbons (Fsp3) is 0.120. The van der Waals surface area contributed by atoms with Crippen molar-refractivity contribution >= 4 is 43.9 Å². The van der Waals surface area contributed by atoms with Crippen LogP contribution in [0, 0.1) is 6.92 Å². The number of amides is 2. The van der Waals surface area contributed by atoms with E-state index < -0.39 is 15.7 Å². The molecule has 1 aromatic heterocycles. The zero-order valence-electron chi connectivity index (χ0n) is 18.2. The lowest BCUT2D eigenvalue weighted by molar-refractivity contribution is -0.115. The summed E-state index contributed by atoms with van der Waals surface area (Å²) in [6.45, 7) is 1.82. The number of carbonyl (C=O) groups is 2. The number of anilines is 2. The van der Waals surface area contributed by atoms with Gasteiger partial charge in [-0.3, -0.25) is 9.59 Å². The number of sulfone groups is 1. The minimum atomic E-state index is -3.41. The Labute approximate surface area is 191 Å². The van der Waals surface area contributed by atoms with Crippen LogP contribution in [-0.2, 0) is 21.1 Å². The molecule has 3 N–H and O–H groups in total. The number of carbonyl (C=O) groups excluding carboxylic acids is 2. The smallest absolute Gasteiger partial charge is 0.255 e. The van der Waals surface area contributed by atoms with Crippen LogP contribution in [0.4, 0.5) is 11.4 Å². The largest absolute Gasteiger partial charge is 0.361 e. The molecule has 0 aliphatic carbocycles. The van der Waals surface area contributed by atoms with Gasteiger partial charge in [-0.25, -0.2) is 8.42 Å². The number of H-pyrrole nitrogens is 1. The highest BCUT2D eigenvalue weighted by Gasteiger charge is 2.14. The van der Waals surface area contributed by atoms with Gasteiger partial charge in [-0.2, -0.15) is 0 Å². The van der Waals surface area contributed by atoms with Crippen molar-refractivity contribution in [1.29, 1.82) is 0 Å². The third-order valence-corrected chi connectivity index (χ3v) is 6.42. The van der Waals surface area contributed by atoms with E-state index in [4.69, 9.17) is 0 Å². The summed E-state index contributed by atoms with van der Waals surface area (Å²) in [5.41, 5.74) is 4.09. The number of para-hydroxylation sites is 1. The van der Waals surface area contributed by atoms with Gasteiger partial charge in [0.1, 0.15) is 0 Å². The molecular weight excluding hydrogens is 438 g/mol. The summed E-state index contributed by atoms with van der Waals surface area (Å²) in [6.07, 6.45) is 3.17. The molecule has 0 aliphatic rings. The Morgan fingerprint density at radius 1 is 0.939 bits per heavy atom. The minimum Gasteiger partial charge on any atom is -0.361 e. The van der Waals surface area contributed by atoms with Crippen molar-refractivity contribution in [2.24, 2.45) is 0 Å². The number of hydrogen-bond acceptors (Lipinski definition) is 4. The summed E-state index contributed by atoms with van der Waals surface area (Å²) in [7, 11) is -3.41. The average Bonchev–Trinajstić information content (AvgIpc) is 3.18. The topological polar surface area (TPSA) is 108 Å². The van der Waals surface area contributed by atoms with Crippen molar-refractivity contribution < 1.29 is 18.0 Å². The highest BCUT2D eigenvalue weighted by atomic mass is 32.2. The lowest BCUT2D eigenvalue weighted by Gasteiger charge is -2.12. The number of aromatic amines is 1. The highest BCUT2D eigenvalue weighted by molar-refractivity contribution is 7.90. The SMILES string of the molecule is Cc1cc(NC(=O)Cc2c[nH]c3ccccc23)ccc1NC(=O)c1cccc(S(C)(=O)=O)c1. The molecular formula is C25H23N3O4S. The second-order valence-corrected chi connectivity index (χ2v) is 9.88. The Morgan fingerprint density at radius 3 is 2.48 bits per heavy atom. The molecule has 0 saturated carbocycles. The summed E-state index contributed by atoms with van der Waals surface area (Å²) in [5.74, 6) is -0.562. The van der Waals surface area contributed by atoms with Crippen LogP contribution in [0.15, 0.2) is 77.8 Å². The number of fused-ring (bicyclic) bond motifs is 1. The van der Waals surface area contributed by atoms with Gasteiger partial charge < -0.3 is 15.6 Å². The number of aromatic nitrogens is 1. The van der Waals surface area contributed by atoms with E-state index >= 15 is 0 Å². The fourth-order valence-electron chi connectivity index (χ4n) is 3.60. The molecule has 0 unspecified atom stereocenters. The maximum Gasteiger partial charge on any atom is 0.255 e. The lowest BCUT2D eigenvalue weighted by Crippen LogP contribution is -2.15. The van der Waals surface area contributed by atoms with Gasteiger partial charge in [-0.1, -0.05) is 24.3 Å². The average molecular weight is 462 g/mol. The van der Waals surface area contributed by atoms with Crippen LogP contribution >= 0.6 is 0 Å². The summed E-state index contributed by atoms with van der Waals surface area (Å²) in [6, 6.07) is 18.9. The molecule has 1 heterocycles. The van der Waals surface area contributed by atoms with Gasteiger partial charge in [0.2, 0.25) is 5.91 Å². The molecule has 0 saturated heterocycles. The molecule has 33 heavy (non-hydrogen) atoms. The first-order valence-electron chi connectivity index (χ1n) is 10.3. The van der Waals surface area contributed by atoms with Crippen LogP contribution in [0.2, 0.25) is 0 Å². The first-order valence-corrected chi connectivity index (χ1v) is 12.2. The molecule has 0 bridgehead atoms. The second kappa shape index (κ2) is 8.91. The molecule has 3 aromatic carbocycles. The Balaban J connectivity index is 1.43. The summed E-state index contributed by atoms with van der Waals surface area (Å²) in [4.78, 5) is 28.4. The van der Waals surface area contributed by atoms with Crippen molar-refractivity contribution in [2.45, 2.75) is 18.2 Å². The van der Waals surface area contributed by atoms with E-state index in [0.717, 1.165) is 28.3 Å². The van der Waals surface area contributed by atoms with Gasteiger partial charge in [0.25, 0.3) is 5.91 Å². The predicted octanol–water partition coefficient (Wildman–Crippen LogP) is 4.31. The van der Waals surface area contributed by atoms with Crippen molar-refractivity contribution in [3.63, 3.8) is 0 Å². The maximum atomic E-state index is 12.6. The van der Waals surface area contributed by atoms with Gasteiger partial charge in [0.15, 0.2) is 9.84 Å². The molecule has 0 aliphatic heterocycles. The summed E-state index contributed by atoms with van der Waals surface area (Å²) >= 11 is 0. The molecule has 0 spiro atoms. The Kier molecular flexibility index (Phi) is 6.02. The Hall–Kier alpha value is -3.91. The Morgan fingerprint density at radius 2 is 1.73 bits per heavy atom. The Bertz CT molecular complexity index is 1470. The molecule has 4 aromatic rings. The van der Waals surface area contributed by atoms with Crippen LogP contribution in [-0.4, -0.2) is 31.5 Å². The van der Waals surface area contributed by atoms with Crippen LogP contribution < -0.4 is 10.6 Å². The third kappa shape index (κ3) is 5.12. The maximum absolute atomic E-state index is 12.6. The lowest BCUT2D eigenvalue weighted by atomic mass is 10.1. The van der Waals surface area contributed by atoms with Crippen molar-refractivity contribution in [3.05, 3.63) is 89.6 Å². The van der Waals surface area contributed by atoms with Crippen LogP contribution in [0.3, 0.4) is 0 Å². The quantitative estimate of drug-likeness (QED) is 0.397. The molecule has 8 heteroatoms. The summed E-state index contributed by atoms with van der Waals surface area (Å²) in [5, 5.41) is 6.70. The van der Waals surface area contributed by atoms with E-state index in [1.54, 1.807) is 24.3 Å². The molecule has 0 fully saturated rings. The van der Waals surface area contributed by atoms with E-state index in [-0.39, 0.29) is 22.8 Å². The molecule has 168 valence electrons. The molecule has 0 atom stereocenters. The third-order valence-electron chi connectivity index (χ3n) is 5.31. The van der Waals surface area contributed by atoms with Gasteiger partial charge in [-0.05, 0) is 60.5 Å². The zero-order valence-corrected chi connectivity index (χ0v) is 19.0. The zero-order chi connectivity index (χ0) is 23.6. The van der Waals surface area contributed by atoms with Crippen LogP contribution in [0.5, 0.6) is 0 Å². The normalized spacial score (nSPS) is 11.3. The first-order chi connectivity index (χ1) is 15.7. The fourth-order valence-corrected chi connectivity index (χ4v) is 4.27. The number of rotatable bonds is 6. The van der Waals surface area contributed by atoms with Crippen molar-refractivity contribution in [2.75, 3.05) is 16.9 Å². The highest BCUT2D eigenvalue weighted by Crippen LogP contribution is 2.22. The molecule has 4 rings (SSSR count). The molecule has 2 amide bonds. The summed E-state index contributed by atoms with van der Waals surface area (Å²) < 4.78 is 23.5. The number of hydrogen-bond donors (Lipinski definition) is 3. The number of nitrogens with one attached hydrogen (secondary N) is 3. The number of aryl methyl sites for hydroxylation is 1. The van der Waals surface area contributed by atoms with Gasteiger partial charge in [-0.15, -0.1) is 0 Å². The van der Waals surface area contributed by atoms with Gasteiger partial charge in [0, 0.05) is 40.3 Å². The number of benzene rings is 3. The van der Waals surface area contributed by atoms with E-state index in [0.29, 0.717) is 11.4 Å². The minimum absolute atomic E-state index is 0.0835. The second-order valence-electron chi connectivity index (χ2n) is 7.87. The van der Waals surface area contributed by atoms with Gasteiger partial charge >= 0.3 is 0 Å². The van der Waals surface area contributed by atoms with Crippen LogP contribution in [0.25, 0.3) is 10.9 Å². The molecule has 0 radical (unpaired) electrons. The van der Waals surface area contributed by atoms with E-state index in [1.807, 2.05) is 37.4 Å². The first kappa shape index (κ1) is 22.3. The predicted molar refractivity (Wildman–Crippen MR) is 129 cm³/mol.